The molecule has 0 aliphatic heterocycles. The van der Waals surface area contributed by atoms with Crippen LogP contribution in [-0.2, 0) is 12.8 Å². The molecule has 3 nitrogen and oxygen atoms in total. The van der Waals surface area contributed by atoms with E-state index in [-0.39, 0.29) is 5.91 Å². The molecule has 1 aliphatic carbocycles. The fraction of sp³-hybridized carbons (Fsp3) is 0.294. The summed E-state index contributed by atoms with van der Waals surface area (Å²) in [6.07, 6.45) is 4.71. The zero-order valence-corrected chi connectivity index (χ0v) is 13.9. The van der Waals surface area contributed by atoms with E-state index >= 15 is 0 Å². The number of nitrogens with one attached hydrogen (secondary N) is 1. The molecule has 0 unspecified atom stereocenters. The van der Waals surface area contributed by atoms with Crippen LogP contribution in [0.4, 0.5) is 5.13 Å². The zero-order valence-electron chi connectivity index (χ0n) is 12.3. The molecule has 1 aromatic carbocycles. The number of fused-ring (bicyclic) bond motifs is 2. The van der Waals surface area contributed by atoms with Gasteiger partial charge < -0.3 is 0 Å². The van der Waals surface area contributed by atoms with Crippen molar-refractivity contribution in [3.05, 3.63) is 45.1 Å². The van der Waals surface area contributed by atoms with Crippen LogP contribution < -0.4 is 5.32 Å². The molecule has 0 spiro atoms. The van der Waals surface area contributed by atoms with Gasteiger partial charge in [0.2, 0.25) is 0 Å². The van der Waals surface area contributed by atoms with Gasteiger partial charge in [-0.3, -0.25) is 10.1 Å². The number of carbonyl (C=O) groups excluding carboxylic acids is 1. The van der Waals surface area contributed by atoms with Gasteiger partial charge in [-0.15, -0.1) is 11.3 Å². The second-order valence-corrected chi connectivity index (χ2v) is 7.88. The summed E-state index contributed by atoms with van der Waals surface area (Å²) in [6, 6.07) is 8.21. The summed E-state index contributed by atoms with van der Waals surface area (Å²) in [5.74, 6) is -0.0322. The molecule has 0 fully saturated rings. The topological polar surface area (TPSA) is 42.0 Å². The number of thiazole rings is 1. The first-order chi connectivity index (χ1) is 10.7. The largest absolute Gasteiger partial charge is 0.297 e. The minimum absolute atomic E-state index is 0.0322. The minimum atomic E-state index is -0.0322. The van der Waals surface area contributed by atoms with E-state index < -0.39 is 0 Å². The van der Waals surface area contributed by atoms with Gasteiger partial charge in [0, 0.05) is 4.88 Å². The number of aromatic nitrogens is 1. The number of aryl methyl sites for hydroxylation is 3. The average Bonchev–Trinajstić information content (AvgIpc) is 3.09. The predicted octanol–water partition coefficient (Wildman–Crippen LogP) is 4.80. The van der Waals surface area contributed by atoms with Crippen molar-refractivity contribution in [3.8, 4) is 0 Å². The Morgan fingerprint density at radius 3 is 2.91 bits per heavy atom. The molecule has 0 radical (unpaired) electrons. The molecule has 22 heavy (non-hydrogen) atoms. The number of nitrogens with zero attached hydrogens (tertiary/aromatic N) is 1. The van der Waals surface area contributed by atoms with E-state index in [1.165, 1.54) is 40.2 Å². The lowest BCUT2D eigenvalue weighted by atomic mass is 9.99. The van der Waals surface area contributed by atoms with E-state index in [9.17, 15) is 4.79 Å². The molecule has 1 aliphatic rings. The second kappa shape index (κ2) is 5.48. The Morgan fingerprint density at radius 2 is 2.05 bits per heavy atom. The number of hydrogen-bond acceptors (Lipinski definition) is 4. The summed E-state index contributed by atoms with van der Waals surface area (Å²) in [4.78, 5) is 19.1. The van der Waals surface area contributed by atoms with Crippen molar-refractivity contribution >= 4 is 43.9 Å². The molecular formula is C17H16N2OS2. The van der Waals surface area contributed by atoms with Crippen molar-refractivity contribution in [3.63, 3.8) is 0 Å². The number of anilines is 1. The number of benzene rings is 1. The Labute approximate surface area is 137 Å². The standard InChI is InChI=1S/C17H16N2OS2/c1-10-6-7-12-14(8-10)22-17(18-12)19-16(20)15-9-11-4-2-3-5-13(11)21-15/h6-9H,2-5H2,1H3,(H,18,19,20). The Bertz CT molecular complexity index is 839. The van der Waals surface area contributed by atoms with Gasteiger partial charge in [-0.1, -0.05) is 17.4 Å². The van der Waals surface area contributed by atoms with Gasteiger partial charge in [-0.25, -0.2) is 4.98 Å². The first kappa shape index (κ1) is 13.9. The third-order valence-corrected chi connectivity index (χ3v) is 6.15. The highest BCUT2D eigenvalue weighted by Gasteiger charge is 2.18. The zero-order chi connectivity index (χ0) is 15.1. The lowest BCUT2D eigenvalue weighted by Crippen LogP contribution is -2.09. The van der Waals surface area contributed by atoms with Crippen molar-refractivity contribution in [1.82, 2.24) is 4.98 Å². The monoisotopic (exact) mass is 328 g/mol. The van der Waals surface area contributed by atoms with Gasteiger partial charge in [-0.05, 0) is 61.9 Å². The van der Waals surface area contributed by atoms with E-state index in [1.807, 2.05) is 12.1 Å². The maximum atomic E-state index is 12.4. The van der Waals surface area contributed by atoms with Crippen LogP contribution in [0.3, 0.4) is 0 Å². The summed E-state index contributed by atoms with van der Waals surface area (Å²) < 4.78 is 1.11. The van der Waals surface area contributed by atoms with Crippen LogP contribution >= 0.6 is 22.7 Å². The number of hydrogen-bond donors (Lipinski definition) is 1. The van der Waals surface area contributed by atoms with Gasteiger partial charge in [-0.2, -0.15) is 0 Å². The van der Waals surface area contributed by atoms with E-state index in [4.69, 9.17) is 0 Å². The summed E-state index contributed by atoms with van der Waals surface area (Å²) in [5.41, 5.74) is 3.51. The van der Waals surface area contributed by atoms with Crippen molar-refractivity contribution < 1.29 is 4.79 Å². The molecule has 0 saturated heterocycles. The SMILES string of the molecule is Cc1ccc2nc(NC(=O)c3cc4c(s3)CCCC4)sc2c1. The van der Waals surface area contributed by atoms with Crippen LogP contribution in [0.15, 0.2) is 24.3 Å². The number of carbonyl (C=O) groups is 1. The Kier molecular flexibility index (Phi) is 3.47. The van der Waals surface area contributed by atoms with Gasteiger partial charge in [0.05, 0.1) is 15.1 Å². The lowest BCUT2D eigenvalue weighted by Gasteiger charge is -2.08. The summed E-state index contributed by atoms with van der Waals surface area (Å²) in [6.45, 7) is 2.06. The van der Waals surface area contributed by atoms with Crippen molar-refractivity contribution in [2.45, 2.75) is 32.6 Å². The van der Waals surface area contributed by atoms with Crippen LogP contribution in [0, 0.1) is 6.92 Å². The average molecular weight is 328 g/mol. The molecule has 3 aromatic rings. The van der Waals surface area contributed by atoms with Crippen molar-refractivity contribution in [1.29, 1.82) is 0 Å². The molecule has 0 saturated carbocycles. The highest BCUT2D eigenvalue weighted by Crippen LogP contribution is 2.31. The van der Waals surface area contributed by atoms with Gasteiger partial charge in [0.1, 0.15) is 0 Å². The van der Waals surface area contributed by atoms with Gasteiger partial charge in [0.15, 0.2) is 5.13 Å². The number of amides is 1. The van der Waals surface area contributed by atoms with Gasteiger partial charge in [0.25, 0.3) is 5.91 Å². The third kappa shape index (κ3) is 2.55. The fourth-order valence-corrected chi connectivity index (χ4v) is 4.95. The van der Waals surface area contributed by atoms with Crippen LogP contribution in [0.5, 0.6) is 0 Å². The van der Waals surface area contributed by atoms with Crippen molar-refractivity contribution in [2.24, 2.45) is 0 Å². The molecule has 4 rings (SSSR count). The number of rotatable bonds is 2. The lowest BCUT2D eigenvalue weighted by molar-refractivity contribution is 0.103. The maximum Gasteiger partial charge on any atom is 0.267 e. The molecule has 2 aromatic heterocycles. The van der Waals surface area contributed by atoms with Crippen molar-refractivity contribution in [2.75, 3.05) is 5.32 Å². The first-order valence-corrected chi connectivity index (χ1v) is 9.12. The molecule has 0 bridgehead atoms. The smallest absolute Gasteiger partial charge is 0.267 e. The van der Waals surface area contributed by atoms with Crippen LogP contribution in [0.25, 0.3) is 10.2 Å². The summed E-state index contributed by atoms with van der Waals surface area (Å²) in [7, 11) is 0. The first-order valence-electron chi connectivity index (χ1n) is 7.49. The van der Waals surface area contributed by atoms with E-state index in [1.54, 1.807) is 11.3 Å². The maximum absolute atomic E-state index is 12.4. The van der Waals surface area contributed by atoms with E-state index in [0.29, 0.717) is 5.13 Å². The molecule has 112 valence electrons. The van der Waals surface area contributed by atoms with Crippen LogP contribution in [0.1, 0.15) is 38.5 Å². The molecule has 1 amide bonds. The molecular weight excluding hydrogens is 312 g/mol. The highest BCUT2D eigenvalue weighted by atomic mass is 32.1. The molecule has 2 heterocycles. The Hall–Kier alpha value is -1.72. The van der Waals surface area contributed by atoms with E-state index in [0.717, 1.165) is 27.9 Å². The minimum Gasteiger partial charge on any atom is -0.297 e. The molecule has 5 heteroatoms. The van der Waals surface area contributed by atoms with Crippen LogP contribution in [0.2, 0.25) is 0 Å². The Morgan fingerprint density at radius 1 is 1.18 bits per heavy atom. The van der Waals surface area contributed by atoms with Crippen LogP contribution in [-0.4, -0.2) is 10.9 Å². The second-order valence-electron chi connectivity index (χ2n) is 5.71. The summed E-state index contributed by atoms with van der Waals surface area (Å²) >= 11 is 3.17. The molecule has 0 atom stereocenters. The predicted molar refractivity (Wildman–Crippen MR) is 93.3 cm³/mol. The highest BCUT2D eigenvalue weighted by molar-refractivity contribution is 7.22. The summed E-state index contributed by atoms with van der Waals surface area (Å²) in [5, 5.41) is 3.63. The number of thiophene rings is 1. The fourth-order valence-electron chi connectivity index (χ4n) is 2.85. The quantitative estimate of drug-likeness (QED) is 0.734. The normalized spacial score (nSPS) is 14.0. The van der Waals surface area contributed by atoms with Gasteiger partial charge >= 0.3 is 0 Å². The molecule has 1 N–H and O–H groups in total. The van der Waals surface area contributed by atoms with E-state index in [2.05, 4.69) is 29.4 Å². The Balaban J connectivity index is 1.58. The third-order valence-electron chi connectivity index (χ3n) is 3.98.